The molecule has 1 rings (SSSR count). The molecule has 0 radical (unpaired) electrons. The van der Waals surface area contributed by atoms with Gasteiger partial charge in [0.15, 0.2) is 0 Å². The molecule has 1 aliphatic rings. The van der Waals surface area contributed by atoms with Crippen LogP contribution in [0.5, 0.6) is 0 Å². The minimum atomic E-state index is -0.702. The highest BCUT2D eigenvalue weighted by Gasteiger charge is 2.31. The Hall–Kier alpha value is -0.920. The summed E-state index contributed by atoms with van der Waals surface area (Å²) in [5, 5.41) is 19.2. The fourth-order valence-corrected chi connectivity index (χ4v) is 5.08. The highest BCUT2D eigenvalue weighted by atomic mass is 31.0. The van der Waals surface area contributed by atoms with Crippen molar-refractivity contribution in [3.63, 3.8) is 0 Å². The number of hydrogen-bond donors (Lipinski definition) is 2. The summed E-state index contributed by atoms with van der Waals surface area (Å²) >= 11 is 0. The highest BCUT2D eigenvalue weighted by molar-refractivity contribution is 7.18. The molecule has 1 aliphatic carbocycles. The number of aliphatic hydroxyl groups excluding tert-OH is 1. The molecule has 2 N–H and O–H groups in total. The second-order valence-electron chi connectivity index (χ2n) is 10.5. The third-order valence-corrected chi connectivity index (χ3v) is 8.52. The molecule has 0 aromatic heterocycles. The lowest BCUT2D eigenvalue weighted by Crippen LogP contribution is -2.34. The van der Waals surface area contributed by atoms with Gasteiger partial charge in [-0.3, -0.25) is 4.79 Å². The largest absolute Gasteiger partial charge is 0.481 e. The van der Waals surface area contributed by atoms with E-state index in [1.165, 1.54) is 42.4 Å². The lowest BCUT2D eigenvalue weighted by Gasteiger charge is -2.36. The lowest BCUT2D eigenvalue weighted by molar-refractivity contribution is -0.141. The predicted molar refractivity (Wildman–Crippen MR) is 141 cm³/mol. The number of aliphatic hydroxyl groups is 1. The van der Waals surface area contributed by atoms with Gasteiger partial charge in [0.05, 0.1) is 12.0 Å². The number of aliphatic carboxylic acids is 1. The van der Waals surface area contributed by atoms with Crippen LogP contribution in [0, 0.1) is 23.7 Å². The quantitative estimate of drug-likeness (QED) is 0.206. The number of allylic oxidation sites excluding steroid dienone is 5. The number of carbonyl (C=O) groups is 1. The lowest BCUT2D eigenvalue weighted by atomic mass is 9.78. The molecular weight excluding hydrogens is 415 g/mol. The van der Waals surface area contributed by atoms with E-state index in [0.29, 0.717) is 29.8 Å². The third kappa shape index (κ3) is 10.8. The van der Waals surface area contributed by atoms with Gasteiger partial charge in [0.25, 0.3) is 0 Å². The van der Waals surface area contributed by atoms with E-state index in [4.69, 9.17) is 5.11 Å². The van der Waals surface area contributed by atoms with Crippen LogP contribution in [0.1, 0.15) is 99.3 Å². The smallest absolute Gasteiger partial charge is 0.306 e. The minimum Gasteiger partial charge on any atom is -0.481 e. The van der Waals surface area contributed by atoms with Crippen LogP contribution < -0.4 is 0 Å². The zero-order valence-electron chi connectivity index (χ0n) is 21.4. The van der Waals surface area contributed by atoms with Crippen molar-refractivity contribution in [2.75, 3.05) is 0 Å². The topological polar surface area (TPSA) is 57.5 Å². The van der Waals surface area contributed by atoms with Crippen LogP contribution in [0.25, 0.3) is 0 Å². The second-order valence-corrected chi connectivity index (χ2v) is 11.2. The van der Waals surface area contributed by atoms with Crippen molar-refractivity contribution >= 4 is 15.2 Å². The molecule has 0 aromatic rings. The van der Waals surface area contributed by atoms with E-state index in [1.54, 1.807) is 6.92 Å². The first-order valence-electron chi connectivity index (χ1n) is 12.7. The molecule has 7 unspecified atom stereocenters. The van der Waals surface area contributed by atoms with E-state index < -0.39 is 5.97 Å². The summed E-state index contributed by atoms with van der Waals surface area (Å²) < 4.78 is 0. The van der Waals surface area contributed by atoms with Gasteiger partial charge in [0.1, 0.15) is 0 Å². The highest BCUT2D eigenvalue weighted by Crippen LogP contribution is 2.37. The van der Waals surface area contributed by atoms with Crippen LogP contribution in [0.4, 0.5) is 0 Å². The molecule has 32 heavy (non-hydrogen) atoms. The maximum absolute atomic E-state index is 10.9. The van der Waals surface area contributed by atoms with Crippen LogP contribution in [0.15, 0.2) is 34.9 Å². The molecule has 0 saturated carbocycles. The van der Waals surface area contributed by atoms with Crippen LogP contribution in [0.3, 0.4) is 0 Å². The predicted octanol–water partition coefficient (Wildman–Crippen LogP) is 7.56. The van der Waals surface area contributed by atoms with Gasteiger partial charge >= 0.3 is 5.97 Å². The Labute approximate surface area is 200 Å². The average molecular weight is 465 g/mol. The Kier molecular flexibility index (Phi) is 13.7. The second kappa shape index (κ2) is 15.1. The van der Waals surface area contributed by atoms with Gasteiger partial charge in [0.2, 0.25) is 0 Å². The molecule has 0 heterocycles. The van der Waals surface area contributed by atoms with E-state index in [2.05, 4.69) is 62.1 Å². The molecular formula is C28H49O3P. The van der Waals surface area contributed by atoms with E-state index in [0.717, 1.165) is 25.7 Å². The van der Waals surface area contributed by atoms with Gasteiger partial charge in [0, 0.05) is 0 Å². The van der Waals surface area contributed by atoms with Gasteiger partial charge in [-0.2, -0.15) is 0 Å². The summed E-state index contributed by atoms with van der Waals surface area (Å²) in [7, 11) is 3.00. The summed E-state index contributed by atoms with van der Waals surface area (Å²) in [4.78, 5) is 10.9. The van der Waals surface area contributed by atoms with E-state index in [1.807, 2.05) is 0 Å². The molecule has 184 valence electrons. The first-order valence-corrected chi connectivity index (χ1v) is 13.4. The van der Waals surface area contributed by atoms with Crippen molar-refractivity contribution in [3.8, 4) is 0 Å². The van der Waals surface area contributed by atoms with Gasteiger partial charge in [-0.15, -0.1) is 9.24 Å². The van der Waals surface area contributed by atoms with Crippen molar-refractivity contribution in [3.05, 3.63) is 34.9 Å². The molecule has 0 aromatic carbocycles. The summed E-state index contributed by atoms with van der Waals surface area (Å²) in [6, 6.07) is 0. The van der Waals surface area contributed by atoms with Crippen molar-refractivity contribution in [2.45, 2.75) is 111 Å². The molecule has 0 saturated heterocycles. The Bertz CT molecular complexity index is 664. The summed E-state index contributed by atoms with van der Waals surface area (Å²) in [6.45, 7) is 12.9. The SMILES string of the molecule is C/C(=C\CCC(C)C(=O)O)CC/C=C(\C)CCCC(C)CCC1=CC(O)C(C)C(C)C1P. The van der Waals surface area contributed by atoms with Crippen LogP contribution in [-0.2, 0) is 4.79 Å². The normalized spacial score (nSPS) is 26.6. The zero-order valence-corrected chi connectivity index (χ0v) is 22.6. The molecule has 0 spiro atoms. The fourth-order valence-electron chi connectivity index (χ4n) is 4.45. The Morgan fingerprint density at radius 3 is 2.31 bits per heavy atom. The third-order valence-electron chi connectivity index (χ3n) is 7.49. The first kappa shape index (κ1) is 29.1. The summed E-state index contributed by atoms with van der Waals surface area (Å²) in [6.07, 6.45) is 16.1. The van der Waals surface area contributed by atoms with Gasteiger partial charge < -0.3 is 10.2 Å². The molecule has 0 fully saturated rings. The van der Waals surface area contributed by atoms with E-state index >= 15 is 0 Å². The fraction of sp³-hybridized carbons (Fsp3) is 0.750. The van der Waals surface area contributed by atoms with E-state index in [9.17, 15) is 9.90 Å². The maximum Gasteiger partial charge on any atom is 0.306 e. The molecule has 7 atom stereocenters. The van der Waals surface area contributed by atoms with Crippen molar-refractivity contribution in [1.82, 2.24) is 0 Å². The number of hydrogen-bond acceptors (Lipinski definition) is 2. The number of carboxylic acid groups (broad SMARTS) is 1. The van der Waals surface area contributed by atoms with Crippen LogP contribution in [-0.4, -0.2) is 27.9 Å². The Morgan fingerprint density at radius 2 is 1.66 bits per heavy atom. The van der Waals surface area contributed by atoms with Gasteiger partial charge in [-0.25, -0.2) is 0 Å². The van der Waals surface area contributed by atoms with Crippen molar-refractivity contribution in [2.24, 2.45) is 23.7 Å². The first-order chi connectivity index (χ1) is 15.0. The summed E-state index contributed by atoms with van der Waals surface area (Å²) in [5.74, 6) is 0.611. The van der Waals surface area contributed by atoms with Gasteiger partial charge in [-0.05, 0) is 88.6 Å². The number of carboxylic acids is 1. The number of rotatable bonds is 14. The van der Waals surface area contributed by atoms with Gasteiger partial charge in [-0.1, -0.05) is 69.1 Å². The molecule has 4 heteroatoms. The average Bonchev–Trinajstić information content (AvgIpc) is 2.73. The molecule has 0 amide bonds. The maximum atomic E-state index is 10.9. The molecule has 0 aliphatic heterocycles. The Morgan fingerprint density at radius 1 is 1.03 bits per heavy atom. The zero-order chi connectivity index (χ0) is 24.3. The standard InChI is InChI=1S/C28H49O3P/c1-19(10-7-11-20(2)14-9-15-22(4)28(30)31)12-8-13-21(3)16-17-25-18-26(29)23(5)24(6)27(25)32/h10,14,18,21-24,26-27,29H,7-9,11-13,15-17,32H2,1-6H3,(H,30,31)/b19-10+,20-14+. The Balaban J connectivity index is 2.25. The van der Waals surface area contributed by atoms with Crippen LogP contribution in [0.2, 0.25) is 0 Å². The van der Waals surface area contributed by atoms with Crippen LogP contribution >= 0.6 is 9.24 Å². The minimum absolute atomic E-state index is 0.260. The summed E-state index contributed by atoms with van der Waals surface area (Å²) in [5.41, 5.74) is 4.77. The van der Waals surface area contributed by atoms with E-state index in [-0.39, 0.29) is 12.0 Å². The molecule has 3 nitrogen and oxygen atoms in total. The monoisotopic (exact) mass is 464 g/mol. The van der Waals surface area contributed by atoms with Crippen molar-refractivity contribution in [1.29, 1.82) is 0 Å². The molecule has 0 bridgehead atoms. The van der Waals surface area contributed by atoms with Crippen molar-refractivity contribution < 1.29 is 15.0 Å².